The molecule has 140 valence electrons. The second kappa shape index (κ2) is 6.82. The molecule has 3 aromatic rings. The van der Waals surface area contributed by atoms with E-state index in [1.807, 2.05) is 36.7 Å². The summed E-state index contributed by atoms with van der Waals surface area (Å²) in [5.74, 6) is 0.388. The molecule has 27 heavy (non-hydrogen) atoms. The Labute approximate surface area is 156 Å². The molecule has 0 N–H and O–H groups in total. The molecule has 0 unspecified atom stereocenters. The predicted octanol–water partition coefficient (Wildman–Crippen LogP) is 1.03. The minimum absolute atomic E-state index is 0.0611. The van der Waals surface area contributed by atoms with E-state index in [0.29, 0.717) is 24.7 Å². The number of aryl methyl sites for hydroxylation is 3. The van der Waals surface area contributed by atoms with Gasteiger partial charge < -0.3 is 9.64 Å². The lowest BCUT2D eigenvalue weighted by molar-refractivity contribution is 0.0725. The van der Waals surface area contributed by atoms with E-state index in [-0.39, 0.29) is 12.5 Å². The Morgan fingerprint density at radius 3 is 2.78 bits per heavy atom. The van der Waals surface area contributed by atoms with Gasteiger partial charge in [-0.1, -0.05) is 0 Å². The van der Waals surface area contributed by atoms with E-state index in [1.54, 1.807) is 23.3 Å². The highest BCUT2D eigenvalue weighted by atomic mass is 16.5. The zero-order valence-electron chi connectivity index (χ0n) is 15.6. The Hall–Kier alpha value is -3.23. The molecule has 1 aliphatic heterocycles. The number of amides is 1. The Morgan fingerprint density at radius 1 is 1.22 bits per heavy atom. The van der Waals surface area contributed by atoms with Gasteiger partial charge >= 0.3 is 0 Å². The highest BCUT2D eigenvalue weighted by Crippen LogP contribution is 2.24. The van der Waals surface area contributed by atoms with Crippen molar-refractivity contribution in [2.24, 2.45) is 14.1 Å². The van der Waals surface area contributed by atoms with Crippen LogP contribution in [0, 0.1) is 6.92 Å². The molecular weight excluding hydrogens is 346 g/mol. The first kappa shape index (κ1) is 17.2. The third-order valence-electron chi connectivity index (χ3n) is 4.84. The van der Waals surface area contributed by atoms with Gasteiger partial charge in [0.15, 0.2) is 5.69 Å². The molecule has 4 rings (SSSR count). The van der Waals surface area contributed by atoms with Crippen molar-refractivity contribution in [3.05, 3.63) is 53.0 Å². The molecule has 9 heteroatoms. The van der Waals surface area contributed by atoms with Crippen molar-refractivity contribution < 1.29 is 9.53 Å². The van der Waals surface area contributed by atoms with Crippen LogP contribution in [-0.2, 0) is 33.7 Å². The molecule has 0 spiro atoms. The summed E-state index contributed by atoms with van der Waals surface area (Å²) in [7, 11) is 3.76. The van der Waals surface area contributed by atoms with E-state index in [2.05, 4.69) is 20.2 Å². The second-order valence-electron chi connectivity index (χ2n) is 6.60. The van der Waals surface area contributed by atoms with Gasteiger partial charge in [-0.05, 0) is 13.0 Å². The van der Waals surface area contributed by atoms with E-state index in [4.69, 9.17) is 4.74 Å². The first-order valence-electron chi connectivity index (χ1n) is 8.75. The largest absolute Gasteiger partial charge is 0.470 e. The highest BCUT2D eigenvalue weighted by Gasteiger charge is 2.28. The van der Waals surface area contributed by atoms with Crippen molar-refractivity contribution in [3.8, 4) is 5.88 Å². The molecule has 0 saturated carbocycles. The summed E-state index contributed by atoms with van der Waals surface area (Å²) in [4.78, 5) is 22.8. The second-order valence-corrected chi connectivity index (χ2v) is 6.60. The fourth-order valence-electron chi connectivity index (χ4n) is 3.29. The van der Waals surface area contributed by atoms with Crippen LogP contribution >= 0.6 is 0 Å². The molecule has 4 heterocycles. The van der Waals surface area contributed by atoms with Crippen LogP contribution in [0.4, 0.5) is 0 Å². The molecular formula is C18H21N7O2. The van der Waals surface area contributed by atoms with Crippen LogP contribution in [0.25, 0.3) is 0 Å². The molecule has 3 aromatic heterocycles. The topological polar surface area (TPSA) is 91.0 Å². The smallest absolute Gasteiger partial charge is 0.274 e. The molecule has 0 radical (unpaired) electrons. The molecule has 0 aromatic carbocycles. The number of fused-ring (bicyclic) bond motifs is 1. The normalized spacial score (nSPS) is 13.5. The summed E-state index contributed by atoms with van der Waals surface area (Å²) < 4.78 is 9.29. The van der Waals surface area contributed by atoms with Gasteiger partial charge in [-0.3, -0.25) is 19.1 Å². The minimum Gasteiger partial charge on any atom is -0.470 e. The van der Waals surface area contributed by atoms with Crippen LogP contribution in [0.1, 0.15) is 33.1 Å². The van der Waals surface area contributed by atoms with Gasteiger partial charge in [0.25, 0.3) is 5.91 Å². The maximum atomic E-state index is 12.8. The van der Waals surface area contributed by atoms with Gasteiger partial charge in [-0.25, -0.2) is 4.98 Å². The standard InChI is InChI=1S/C18H21N7O2/c1-12-8-14(21-23(12)2)18(26)25-7-4-16-13(10-25)15(22-24(16)3)11-27-17-9-19-5-6-20-17/h5-6,8-9H,4,7,10-11H2,1-3H3. The first-order valence-corrected chi connectivity index (χ1v) is 8.75. The van der Waals surface area contributed by atoms with E-state index in [1.165, 1.54) is 0 Å². The van der Waals surface area contributed by atoms with Gasteiger partial charge in [-0.15, -0.1) is 0 Å². The Kier molecular flexibility index (Phi) is 4.35. The number of rotatable bonds is 4. The molecule has 0 bridgehead atoms. The number of carbonyl (C=O) groups is 1. The fraction of sp³-hybridized carbons (Fsp3) is 0.389. The molecule has 9 nitrogen and oxygen atoms in total. The van der Waals surface area contributed by atoms with Crippen LogP contribution in [0.15, 0.2) is 24.7 Å². The average molecular weight is 367 g/mol. The summed E-state index contributed by atoms with van der Waals surface area (Å²) in [6.07, 6.45) is 5.49. The molecule has 0 atom stereocenters. The Bertz CT molecular complexity index is 958. The summed E-state index contributed by atoms with van der Waals surface area (Å²) >= 11 is 0. The number of aromatic nitrogens is 6. The SMILES string of the molecule is Cc1cc(C(=O)N2CCc3c(c(COc4cnccn4)nn3C)C2)nn1C. The average Bonchev–Trinajstić information content (AvgIpc) is 3.19. The number of hydrogen-bond acceptors (Lipinski definition) is 6. The number of hydrogen-bond donors (Lipinski definition) is 0. The lowest BCUT2D eigenvalue weighted by Crippen LogP contribution is -2.36. The van der Waals surface area contributed by atoms with Gasteiger partial charge in [-0.2, -0.15) is 10.2 Å². The van der Waals surface area contributed by atoms with Crippen LogP contribution in [0.3, 0.4) is 0 Å². The summed E-state index contributed by atoms with van der Waals surface area (Å²) in [5, 5.41) is 8.89. The third kappa shape index (κ3) is 3.27. The van der Waals surface area contributed by atoms with Gasteiger partial charge in [0, 0.05) is 63.0 Å². The predicted molar refractivity (Wildman–Crippen MR) is 96.0 cm³/mol. The van der Waals surface area contributed by atoms with Gasteiger partial charge in [0.2, 0.25) is 5.88 Å². The van der Waals surface area contributed by atoms with Crippen LogP contribution in [0.5, 0.6) is 5.88 Å². The Balaban J connectivity index is 1.53. The van der Waals surface area contributed by atoms with Gasteiger partial charge in [0.05, 0.1) is 6.20 Å². The van der Waals surface area contributed by atoms with E-state index < -0.39 is 0 Å². The first-order chi connectivity index (χ1) is 13.0. The van der Waals surface area contributed by atoms with Crippen molar-refractivity contribution in [2.45, 2.75) is 26.5 Å². The van der Waals surface area contributed by atoms with Crippen LogP contribution < -0.4 is 4.74 Å². The van der Waals surface area contributed by atoms with Gasteiger partial charge in [0.1, 0.15) is 12.3 Å². The number of nitrogens with zero attached hydrogens (tertiary/aromatic N) is 7. The van der Waals surface area contributed by atoms with E-state index in [0.717, 1.165) is 29.1 Å². The third-order valence-corrected chi connectivity index (χ3v) is 4.84. The quantitative estimate of drug-likeness (QED) is 0.684. The van der Waals surface area contributed by atoms with E-state index in [9.17, 15) is 4.79 Å². The summed E-state index contributed by atoms with van der Waals surface area (Å²) in [6.45, 7) is 3.36. The van der Waals surface area contributed by atoms with Crippen LogP contribution in [-0.4, -0.2) is 46.9 Å². The van der Waals surface area contributed by atoms with Crippen molar-refractivity contribution >= 4 is 5.91 Å². The summed E-state index contributed by atoms with van der Waals surface area (Å²) in [6, 6.07) is 1.82. The molecule has 0 aliphatic carbocycles. The maximum absolute atomic E-state index is 12.8. The number of carbonyl (C=O) groups excluding carboxylic acids is 1. The zero-order chi connectivity index (χ0) is 19.0. The Morgan fingerprint density at radius 2 is 2.07 bits per heavy atom. The molecule has 1 amide bonds. The van der Waals surface area contributed by atoms with Crippen molar-refractivity contribution in [1.29, 1.82) is 0 Å². The fourth-order valence-corrected chi connectivity index (χ4v) is 3.29. The minimum atomic E-state index is -0.0611. The summed E-state index contributed by atoms with van der Waals surface area (Å²) in [5.41, 5.74) is 4.41. The number of ether oxygens (including phenoxy) is 1. The zero-order valence-corrected chi connectivity index (χ0v) is 15.6. The van der Waals surface area contributed by atoms with Crippen molar-refractivity contribution in [3.63, 3.8) is 0 Å². The van der Waals surface area contributed by atoms with Crippen molar-refractivity contribution in [2.75, 3.05) is 6.54 Å². The van der Waals surface area contributed by atoms with E-state index >= 15 is 0 Å². The molecule has 0 fully saturated rings. The lowest BCUT2D eigenvalue weighted by Gasteiger charge is -2.27. The van der Waals surface area contributed by atoms with Crippen molar-refractivity contribution in [1.82, 2.24) is 34.4 Å². The molecule has 1 aliphatic rings. The lowest BCUT2D eigenvalue weighted by atomic mass is 10.0. The highest BCUT2D eigenvalue weighted by molar-refractivity contribution is 5.92. The monoisotopic (exact) mass is 367 g/mol. The maximum Gasteiger partial charge on any atom is 0.274 e. The molecule has 0 saturated heterocycles. The van der Waals surface area contributed by atoms with Crippen LogP contribution in [0.2, 0.25) is 0 Å².